The van der Waals surface area contributed by atoms with Gasteiger partial charge in [-0.2, -0.15) is 0 Å². The molecule has 2 amide bonds. The molecule has 0 saturated carbocycles. The van der Waals surface area contributed by atoms with Crippen molar-refractivity contribution in [2.75, 3.05) is 6.54 Å². The van der Waals surface area contributed by atoms with Gasteiger partial charge in [0.25, 0.3) is 0 Å². The first-order valence-electron chi connectivity index (χ1n) is 4.84. The molecule has 0 aromatic heterocycles. The molecule has 0 aliphatic carbocycles. The standard InChI is InChI=1S/C11H13FN2O2/c1-8(15)13-7-11(16)14-6-9-4-2-3-5-10(9)12/h2-5H,6-7H2,1H3,(H,13,15)(H,14,16). The molecule has 1 aromatic rings. The van der Waals surface area contributed by atoms with Crippen LogP contribution in [0.3, 0.4) is 0 Å². The van der Waals surface area contributed by atoms with Crippen molar-refractivity contribution in [1.29, 1.82) is 0 Å². The Balaban J connectivity index is 2.37. The summed E-state index contributed by atoms with van der Waals surface area (Å²) in [6, 6.07) is 6.19. The minimum atomic E-state index is -0.359. The highest BCUT2D eigenvalue weighted by Gasteiger charge is 2.04. The van der Waals surface area contributed by atoms with Crippen molar-refractivity contribution in [3.63, 3.8) is 0 Å². The molecule has 0 bridgehead atoms. The molecule has 0 aliphatic heterocycles. The van der Waals surface area contributed by atoms with Gasteiger partial charge in [0.15, 0.2) is 0 Å². The second kappa shape index (κ2) is 5.85. The number of nitrogens with one attached hydrogen (secondary N) is 2. The third-order valence-electron chi connectivity index (χ3n) is 1.93. The van der Waals surface area contributed by atoms with Gasteiger partial charge in [-0.1, -0.05) is 18.2 Å². The first kappa shape index (κ1) is 12.2. The monoisotopic (exact) mass is 224 g/mol. The fourth-order valence-electron chi connectivity index (χ4n) is 1.10. The summed E-state index contributed by atoms with van der Waals surface area (Å²) in [4.78, 5) is 21.7. The maximum Gasteiger partial charge on any atom is 0.239 e. The van der Waals surface area contributed by atoms with Crippen molar-refractivity contribution >= 4 is 11.8 Å². The molecular weight excluding hydrogens is 211 g/mol. The number of rotatable bonds is 4. The van der Waals surface area contributed by atoms with Gasteiger partial charge in [0.05, 0.1) is 6.54 Å². The van der Waals surface area contributed by atoms with Crippen LogP contribution in [0.4, 0.5) is 4.39 Å². The molecule has 0 atom stereocenters. The highest BCUT2D eigenvalue weighted by Crippen LogP contribution is 2.04. The summed E-state index contributed by atoms with van der Waals surface area (Å²) in [5.41, 5.74) is 0.415. The second-order valence-corrected chi connectivity index (χ2v) is 3.28. The fraction of sp³-hybridized carbons (Fsp3) is 0.273. The van der Waals surface area contributed by atoms with Crippen molar-refractivity contribution in [1.82, 2.24) is 10.6 Å². The van der Waals surface area contributed by atoms with Gasteiger partial charge < -0.3 is 10.6 Å². The summed E-state index contributed by atoms with van der Waals surface area (Å²) < 4.78 is 13.1. The van der Waals surface area contributed by atoms with Gasteiger partial charge in [-0.15, -0.1) is 0 Å². The summed E-state index contributed by atoms with van der Waals surface area (Å²) in [7, 11) is 0. The van der Waals surface area contributed by atoms with Crippen LogP contribution in [0, 0.1) is 5.82 Å². The van der Waals surface area contributed by atoms with Gasteiger partial charge in [-0.25, -0.2) is 4.39 Å². The van der Waals surface area contributed by atoms with E-state index < -0.39 is 0 Å². The Kier molecular flexibility index (Phi) is 4.44. The first-order valence-corrected chi connectivity index (χ1v) is 4.84. The average Bonchev–Trinajstić information content (AvgIpc) is 2.25. The molecule has 0 unspecified atom stereocenters. The van der Waals surface area contributed by atoms with Crippen LogP contribution in [-0.4, -0.2) is 18.4 Å². The zero-order valence-electron chi connectivity index (χ0n) is 8.92. The van der Waals surface area contributed by atoms with E-state index in [0.717, 1.165) is 0 Å². The van der Waals surface area contributed by atoms with Crippen LogP contribution >= 0.6 is 0 Å². The molecule has 0 heterocycles. The van der Waals surface area contributed by atoms with E-state index in [1.165, 1.54) is 13.0 Å². The lowest BCUT2D eigenvalue weighted by molar-refractivity contribution is -0.125. The van der Waals surface area contributed by atoms with Gasteiger partial charge in [0.2, 0.25) is 11.8 Å². The summed E-state index contributed by atoms with van der Waals surface area (Å²) in [6.45, 7) is 1.35. The Hall–Kier alpha value is -1.91. The first-order chi connectivity index (χ1) is 7.59. The Bertz CT molecular complexity index is 393. The SMILES string of the molecule is CC(=O)NCC(=O)NCc1ccccc1F. The maximum atomic E-state index is 13.1. The van der Waals surface area contributed by atoms with Gasteiger partial charge in [0.1, 0.15) is 5.82 Å². The third kappa shape index (κ3) is 4.08. The van der Waals surface area contributed by atoms with E-state index in [1.807, 2.05) is 0 Å². The van der Waals surface area contributed by atoms with E-state index in [9.17, 15) is 14.0 Å². The zero-order valence-corrected chi connectivity index (χ0v) is 8.92. The Labute approximate surface area is 92.8 Å². The lowest BCUT2D eigenvalue weighted by Crippen LogP contribution is -2.35. The molecule has 1 aromatic carbocycles. The molecule has 5 heteroatoms. The molecule has 2 N–H and O–H groups in total. The number of carbonyl (C=O) groups is 2. The van der Waals surface area contributed by atoms with Crippen LogP contribution in [0.25, 0.3) is 0 Å². The molecule has 0 fully saturated rings. The van der Waals surface area contributed by atoms with Crippen LogP contribution in [0.15, 0.2) is 24.3 Å². The van der Waals surface area contributed by atoms with Crippen LogP contribution in [0.1, 0.15) is 12.5 Å². The third-order valence-corrected chi connectivity index (χ3v) is 1.93. The Morgan fingerprint density at radius 2 is 1.94 bits per heavy atom. The van der Waals surface area contributed by atoms with Crippen LogP contribution in [0.2, 0.25) is 0 Å². The topological polar surface area (TPSA) is 58.2 Å². The number of amides is 2. The molecule has 4 nitrogen and oxygen atoms in total. The number of hydrogen-bond acceptors (Lipinski definition) is 2. The molecule has 0 aliphatic rings. The van der Waals surface area contributed by atoms with E-state index in [4.69, 9.17) is 0 Å². The highest BCUT2D eigenvalue weighted by molar-refractivity contribution is 5.83. The minimum Gasteiger partial charge on any atom is -0.350 e. The van der Waals surface area contributed by atoms with Crippen molar-refractivity contribution in [3.05, 3.63) is 35.6 Å². The van der Waals surface area contributed by atoms with Gasteiger partial charge in [-0.3, -0.25) is 9.59 Å². The molecule has 0 radical (unpaired) electrons. The second-order valence-electron chi connectivity index (χ2n) is 3.28. The normalized spacial score (nSPS) is 9.62. The van der Waals surface area contributed by atoms with Crippen molar-refractivity contribution in [2.24, 2.45) is 0 Å². The number of halogens is 1. The molecule has 16 heavy (non-hydrogen) atoms. The maximum absolute atomic E-state index is 13.1. The van der Waals surface area contributed by atoms with E-state index >= 15 is 0 Å². The Morgan fingerprint density at radius 3 is 2.56 bits per heavy atom. The van der Waals surface area contributed by atoms with Gasteiger partial charge >= 0.3 is 0 Å². The van der Waals surface area contributed by atoms with Crippen molar-refractivity contribution in [3.8, 4) is 0 Å². The summed E-state index contributed by atoms with van der Waals surface area (Å²) in [6.07, 6.45) is 0. The zero-order chi connectivity index (χ0) is 12.0. The largest absolute Gasteiger partial charge is 0.350 e. The summed E-state index contributed by atoms with van der Waals surface area (Å²) in [5, 5.41) is 4.85. The molecule has 0 saturated heterocycles. The van der Waals surface area contributed by atoms with Crippen molar-refractivity contribution < 1.29 is 14.0 Å². The van der Waals surface area contributed by atoms with Crippen LogP contribution in [-0.2, 0) is 16.1 Å². The lowest BCUT2D eigenvalue weighted by Gasteiger charge is -2.06. The molecule has 1 rings (SSSR count). The average molecular weight is 224 g/mol. The van der Waals surface area contributed by atoms with Gasteiger partial charge in [-0.05, 0) is 6.07 Å². The fourth-order valence-corrected chi connectivity index (χ4v) is 1.10. The highest BCUT2D eigenvalue weighted by atomic mass is 19.1. The predicted octanol–water partition coefficient (Wildman–Crippen LogP) is 0.578. The van der Waals surface area contributed by atoms with E-state index in [1.54, 1.807) is 18.2 Å². The van der Waals surface area contributed by atoms with E-state index in [0.29, 0.717) is 5.56 Å². The summed E-state index contributed by atoms with van der Waals surface area (Å²) in [5.74, 6) is -0.984. The molecule has 86 valence electrons. The lowest BCUT2D eigenvalue weighted by atomic mass is 10.2. The quantitative estimate of drug-likeness (QED) is 0.786. The minimum absolute atomic E-state index is 0.0935. The number of benzene rings is 1. The van der Waals surface area contributed by atoms with Crippen molar-refractivity contribution in [2.45, 2.75) is 13.5 Å². The van der Waals surface area contributed by atoms with Gasteiger partial charge in [0, 0.05) is 19.0 Å². The summed E-state index contributed by atoms with van der Waals surface area (Å²) >= 11 is 0. The molecular formula is C11H13FN2O2. The van der Waals surface area contributed by atoms with E-state index in [-0.39, 0.29) is 30.7 Å². The van der Waals surface area contributed by atoms with Crippen LogP contribution < -0.4 is 10.6 Å². The Morgan fingerprint density at radius 1 is 1.25 bits per heavy atom. The smallest absolute Gasteiger partial charge is 0.239 e. The number of hydrogen-bond donors (Lipinski definition) is 2. The molecule has 0 spiro atoms. The number of carbonyl (C=O) groups excluding carboxylic acids is 2. The van der Waals surface area contributed by atoms with E-state index in [2.05, 4.69) is 10.6 Å². The van der Waals surface area contributed by atoms with Crippen LogP contribution in [0.5, 0.6) is 0 Å². The predicted molar refractivity (Wildman–Crippen MR) is 56.9 cm³/mol.